The van der Waals surface area contributed by atoms with Gasteiger partial charge in [-0.3, -0.25) is 14.4 Å². The number of ether oxygens (including phenoxy) is 1. The molecule has 3 atom stereocenters. The van der Waals surface area contributed by atoms with Gasteiger partial charge in [0.1, 0.15) is 17.0 Å². The molecule has 1 aromatic carbocycles. The van der Waals surface area contributed by atoms with Crippen LogP contribution in [-0.4, -0.2) is 63.8 Å². The van der Waals surface area contributed by atoms with E-state index in [1.54, 1.807) is 45.0 Å². The van der Waals surface area contributed by atoms with Crippen LogP contribution >= 0.6 is 8.53 Å². The molecule has 47 heavy (non-hydrogen) atoms. The van der Waals surface area contributed by atoms with Crippen molar-refractivity contribution in [2.45, 2.75) is 112 Å². The number of hydrogen-bond donors (Lipinski definition) is 0. The van der Waals surface area contributed by atoms with Crippen molar-refractivity contribution in [3.05, 3.63) is 46.1 Å². The van der Waals surface area contributed by atoms with E-state index in [-0.39, 0.29) is 60.8 Å². The number of amides is 1. The number of aryl methyl sites for hydroxylation is 1. The molecule has 12 heteroatoms. The van der Waals surface area contributed by atoms with Gasteiger partial charge in [0.2, 0.25) is 5.91 Å². The highest BCUT2D eigenvalue weighted by Crippen LogP contribution is 2.48. The minimum atomic E-state index is -1.41. The predicted octanol–water partition coefficient (Wildman–Crippen LogP) is 6.85. The van der Waals surface area contributed by atoms with Crippen molar-refractivity contribution in [1.29, 1.82) is 5.26 Å². The highest BCUT2D eigenvalue weighted by molar-refractivity contribution is 7.44. The zero-order chi connectivity index (χ0) is 34.5. The molecule has 1 aliphatic carbocycles. The minimum absolute atomic E-state index is 0.0257. The SMILES string of the molecule is CCC1CC(OP(OCCC#N)N(C(C)C)C(C)C)CN1C(=O)CCc1cc2nc3ccc(OC(=O)C(C)(C)C)cc3oc-2cc1=O. The normalized spacial score (nSPS) is 17.6. The molecule has 3 unspecified atom stereocenters. The van der Waals surface area contributed by atoms with Gasteiger partial charge in [0.05, 0.1) is 30.6 Å². The van der Waals surface area contributed by atoms with E-state index in [1.807, 2.05) is 4.90 Å². The molecule has 2 aliphatic heterocycles. The smallest absolute Gasteiger partial charge is 0.316 e. The third-order valence-corrected chi connectivity index (χ3v) is 10.2. The van der Waals surface area contributed by atoms with Crippen LogP contribution in [-0.2, 0) is 25.1 Å². The molecule has 4 rings (SSSR count). The molecule has 1 amide bonds. The number of likely N-dealkylation sites (tertiary alicyclic amines) is 1. The van der Waals surface area contributed by atoms with Gasteiger partial charge in [-0.15, -0.1) is 0 Å². The third kappa shape index (κ3) is 9.14. The van der Waals surface area contributed by atoms with Crippen molar-refractivity contribution in [3.8, 4) is 23.3 Å². The zero-order valence-electron chi connectivity index (χ0n) is 28.7. The van der Waals surface area contributed by atoms with Gasteiger partial charge < -0.3 is 23.1 Å². The van der Waals surface area contributed by atoms with E-state index in [0.717, 1.165) is 6.42 Å². The standard InChI is InChI=1S/C35H47N4O7P/c1-9-25-18-27(46-47(43-16-10-15-36)39(22(2)3)23(4)5)21-38(25)33(41)14-11-24-17-29-32(20-30(24)40)45-31-19-26(12-13-28(31)37-29)44-34(42)35(6,7)8/h12-13,17,19-20,22-23,25,27H,9-11,14,16,18,21H2,1-8H3. The van der Waals surface area contributed by atoms with Crippen LogP contribution in [0.2, 0.25) is 0 Å². The van der Waals surface area contributed by atoms with Gasteiger partial charge in [-0.05, 0) is 85.9 Å². The maximum Gasteiger partial charge on any atom is 0.316 e. The van der Waals surface area contributed by atoms with Gasteiger partial charge >= 0.3 is 5.97 Å². The van der Waals surface area contributed by atoms with E-state index in [4.69, 9.17) is 23.5 Å². The molecule has 1 fully saturated rings. The summed E-state index contributed by atoms with van der Waals surface area (Å²) >= 11 is 0. The quantitative estimate of drug-likeness (QED) is 0.0627. The molecule has 254 valence electrons. The Bertz CT molecular complexity index is 1620. The van der Waals surface area contributed by atoms with E-state index in [9.17, 15) is 14.4 Å². The maximum atomic E-state index is 13.5. The minimum Gasteiger partial charge on any atom is -0.453 e. The molecular formula is C35H47N4O7P. The second-order valence-electron chi connectivity index (χ2n) is 13.5. The maximum absolute atomic E-state index is 13.5. The predicted molar refractivity (Wildman–Crippen MR) is 181 cm³/mol. The molecule has 11 nitrogen and oxygen atoms in total. The Morgan fingerprint density at radius 1 is 1.17 bits per heavy atom. The van der Waals surface area contributed by atoms with Crippen LogP contribution in [0.4, 0.5) is 0 Å². The second-order valence-corrected chi connectivity index (χ2v) is 14.9. The Morgan fingerprint density at radius 3 is 2.53 bits per heavy atom. The van der Waals surface area contributed by atoms with Gasteiger partial charge in [-0.25, -0.2) is 9.65 Å². The van der Waals surface area contributed by atoms with Crippen molar-refractivity contribution in [1.82, 2.24) is 14.6 Å². The second kappa shape index (κ2) is 15.7. The van der Waals surface area contributed by atoms with Crippen LogP contribution in [0.15, 0.2) is 39.5 Å². The van der Waals surface area contributed by atoms with Gasteiger partial charge in [-0.1, -0.05) is 6.92 Å². The summed E-state index contributed by atoms with van der Waals surface area (Å²) in [6.45, 7) is 16.5. The largest absolute Gasteiger partial charge is 0.453 e. The Morgan fingerprint density at radius 2 is 1.89 bits per heavy atom. The van der Waals surface area contributed by atoms with Crippen molar-refractivity contribution in [2.75, 3.05) is 13.2 Å². The number of carbonyl (C=O) groups excluding carboxylic acids is 2. The molecule has 0 aromatic heterocycles. The summed E-state index contributed by atoms with van der Waals surface area (Å²) in [6, 6.07) is 10.6. The van der Waals surface area contributed by atoms with E-state index in [2.05, 4.69) is 50.3 Å². The van der Waals surface area contributed by atoms with Crippen LogP contribution in [0.5, 0.6) is 5.75 Å². The van der Waals surface area contributed by atoms with Gasteiger partial charge in [-0.2, -0.15) is 5.26 Å². The number of nitriles is 1. The number of benzene rings is 2. The summed E-state index contributed by atoms with van der Waals surface area (Å²) in [5.41, 5.74) is 1.04. The fraction of sp³-hybridized carbons (Fsp3) is 0.571. The molecule has 0 N–H and O–H groups in total. The van der Waals surface area contributed by atoms with E-state index in [1.165, 1.54) is 6.07 Å². The van der Waals surface area contributed by atoms with Crippen LogP contribution in [0.3, 0.4) is 0 Å². The van der Waals surface area contributed by atoms with Crippen LogP contribution in [0.1, 0.15) is 86.6 Å². The molecule has 0 radical (unpaired) electrons. The first-order chi connectivity index (χ1) is 22.2. The van der Waals surface area contributed by atoms with Gasteiger partial charge in [0.25, 0.3) is 8.53 Å². The number of nitrogens with zero attached hydrogens (tertiary/aromatic N) is 4. The molecular weight excluding hydrogens is 619 g/mol. The van der Waals surface area contributed by atoms with Crippen LogP contribution in [0.25, 0.3) is 22.6 Å². The molecule has 1 saturated heterocycles. The Kier molecular flexibility index (Phi) is 12.1. The first-order valence-electron chi connectivity index (χ1n) is 16.4. The molecule has 0 saturated carbocycles. The van der Waals surface area contributed by atoms with Gasteiger partial charge in [0.15, 0.2) is 16.8 Å². The number of carbonyl (C=O) groups is 2. The summed E-state index contributed by atoms with van der Waals surface area (Å²) < 4.78 is 26.3. The van der Waals surface area contributed by atoms with Crippen molar-refractivity contribution >= 4 is 31.5 Å². The average Bonchev–Trinajstić information content (AvgIpc) is 3.41. The van der Waals surface area contributed by atoms with Crippen LogP contribution < -0.4 is 10.2 Å². The first kappa shape index (κ1) is 36.4. The highest BCUT2D eigenvalue weighted by atomic mass is 31.2. The van der Waals surface area contributed by atoms with Crippen molar-refractivity contribution in [2.24, 2.45) is 5.41 Å². The number of hydrogen-bond acceptors (Lipinski definition) is 10. The number of rotatable bonds is 13. The Balaban J connectivity index is 1.45. The van der Waals surface area contributed by atoms with Crippen molar-refractivity contribution in [3.63, 3.8) is 0 Å². The molecule has 0 bridgehead atoms. The summed E-state index contributed by atoms with van der Waals surface area (Å²) in [6.07, 6.45) is 2.02. The fourth-order valence-corrected chi connectivity index (χ4v) is 7.36. The lowest BCUT2D eigenvalue weighted by atomic mass is 9.97. The van der Waals surface area contributed by atoms with Crippen LogP contribution in [0, 0.1) is 16.7 Å². The molecule has 1 aromatic rings. The van der Waals surface area contributed by atoms with Gasteiger partial charge in [0, 0.05) is 48.8 Å². The Hall–Kier alpha value is -3.42. The topological polar surface area (TPSA) is 135 Å². The van der Waals surface area contributed by atoms with E-state index < -0.39 is 13.9 Å². The van der Waals surface area contributed by atoms with E-state index in [0.29, 0.717) is 53.4 Å². The lowest BCUT2D eigenvalue weighted by Gasteiger charge is -2.36. The number of fused-ring (bicyclic) bond motifs is 2. The monoisotopic (exact) mass is 666 g/mol. The zero-order valence-corrected chi connectivity index (χ0v) is 29.6. The number of esters is 1. The molecule has 2 heterocycles. The van der Waals surface area contributed by atoms with Crippen molar-refractivity contribution < 1.29 is 27.8 Å². The highest BCUT2D eigenvalue weighted by Gasteiger charge is 2.38. The number of aromatic nitrogens is 1. The molecule has 3 aliphatic rings. The summed E-state index contributed by atoms with van der Waals surface area (Å²) in [4.78, 5) is 45.4. The summed E-state index contributed by atoms with van der Waals surface area (Å²) in [5, 5.41) is 9.02. The lowest BCUT2D eigenvalue weighted by molar-refractivity contribution is -0.143. The third-order valence-electron chi connectivity index (χ3n) is 8.03. The van der Waals surface area contributed by atoms with E-state index >= 15 is 0 Å². The Labute approximate surface area is 278 Å². The molecule has 0 spiro atoms. The lowest BCUT2D eigenvalue weighted by Crippen LogP contribution is -2.37. The average molecular weight is 667 g/mol. The first-order valence-corrected chi connectivity index (χ1v) is 17.5. The summed E-state index contributed by atoms with van der Waals surface area (Å²) in [7, 11) is -1.41. The summed E-state index contributed by atoms with van der Waals surface area (Å²) in [5.74, 6) is 0.243. The fourth-order valence-electron chi connectivity index (χ4n) is 5.65.